The summed E-state index contributed by atoms with van der Waals surface area (Å²) in [5, 5.41) is 3.54. The van der Waals surface area contributed by atoms with Crippen molar-refractivity contribution in [2.45, 2.75) is 31.9 Å². The summed E-state index contributed by atoms with van der Waals surface area (Å²) in [6, 6.07) is 15.4. The van der Waals surface area contributed by atoms with Gasteiger partial charge in [0.15, 0.2) is 6.10 Å². The van der Waals surface area contributed by atoms with Crippen molar-refractivity contribution in [2.75, 3.05) is 26.7 Å². The molecule has 1 aliphatic rings. The number of methoxy groups -OCH3 is 1. The van der Waals surface area contributed by atoms with Gasteiger partial charge in [0.1, 0.15) is 11.5 Å². The van der Waals surface area contributed by atoms with Crippen LogP contribution in [0.1, 0.15) is 31.4 Å². The second-order valence-electron chi connectivity index (χ2n) is 6.97. The lowest BCUT2D eigenvalue weighted by Gasteiger charge is -2.29. The maximum Gasteiger partial charge on any atom is 0.260 e. The Hall–Kier alpha value is -2.24. The molecule has 0 radical (unpaired) electrons. The molecular formula is C22H27ClN2O3. The minimum atomic E-state index is -0.630. The Morgan fingerprint density at radius 1 is 1.14 bits per heavy atom. The van der Waals surface area contributed by atoms with E-state index in [-0.39, 0.29) is 11.9 Å². The number of amides is 1. The Morgan fingerprint density at radius 2 is 1.82 bits per heavy atom. The third-order valence-corrected chi connectivity index (χ3v) is 5.37. The number of halogens is 1. The summed E-state index contributed by atoms with van der Waals surface area (Å²) in [6.07, 6.45) is 1.74. The van der Waals surface area contributed by atoms with Gasteiger partial charge >= 0.3 is 0 Å². The van der Waals surface area contributed by atoms with Crippen molar-refractivity contribution >= 4 is 17.5 Å². The quantitative estimate of drug-likeness (QED) is 0.723. The molecule has 0 saturated carbocycles. The molecule has 2 aromatic rings. The van der Waals surface area contributed by atoms with Gasteiger partial charge in [0, 0.05) is 6.54 Å². The molecule has 0 aromatic heterocycles. The Bertz CT molecular complexity index is 776. The van der Waals surface area contributed by atoms with E-state index in [0.29, 0.717) is 17.3 Å². The Labute approximate surface area is 171 Å². The van der Waals surface area contributed by atoms with Gasteiger partial charge in [0.25, 0.3) is 5.91 Å². The fourth-order valence-electron chi connectivity index (χ4n) is 3.46. The van der Waals surface area contributed by atoms with Crippen LogP contribution in [-0.2, 0) is 4.79 Å². The lowest BCUT2D eigenvalue weighted by atomic mass is 10.1. The first-order chi connectivity index (χ1) is 13.6. The van der Waals surface area contributed by atoms with Gasteiger partial charge in [0.2, 0.25) is 0 Å². The van der Waals surface area contributed by atoms with Crippen LogP contribution in [0.15, 0.2) is 48.5 Å². The van der Waals surface area contributed by atoms with Crippen LogP contribution in [-0.4, -0.2) is 43.7 Å². The fourth-order valence-corrected chi connectivity index (χ4v) is 3.64. The standard InChI is InChI=1S/C22H27ClN2O3/c1-16(28-21-8-4-3-7-19(21)23)22(26)24-15-20(25-13-5-6-14-25)17-9-11-18(27-2)12-10-17/h3-4,7-12,16,20H,5-6,13-15H2,1-2H3,(H,24,26)/t16-,20+/m1/s1. The summed E-state index contributed by atoms with van der Waals surface area (Å²) in [5.74, 6) is 1.19. The van der Waals surface area contributed by atoms with Gasteiger partial charge in [-0.3, -0.25) is 9.69 Å². The SMILES string of the molecule is COc1ccc([C@H](CNC(=O)[C@@H](C)Oc2ccccc2Cl)N2CCCC2)cc1. The van der Waals surface area contributed by atoms with Crippen molar-refractivity contribution in [2.24, 2.45) is 0 Å². The van der Waals surface area contributed by atoms with Crippen molar-refractivity contribution < 1.29 is 14.3 Å². The molecule has 0 aliphatic carbocycles. The number of likely N-dealkylation sites (tertiary alicyclic amines) is 1. The predicted molar refractivity (Wildman–Crippen MR) is 111 cm³/mol. The van der Waals surface area contributed by atoms with Gasteiger partial charge in [-0.25, -0.2) is 0 Å². The van der Waals surface area contributed by atoms with Gasteiger partial charge in [-0.2, -0.15) is 0 Å². The monoisotopic (exact) mass is 402 g/mol. The van der Waals surface area contributed by atoms with Crippen LogP contribution < -0.4 is 14.8 Å². The van der Waals surface area contributed by atoms with E-state index in [1.54, 1.807) is 26.2 Å². The molecule has 2 aromatic carbocycles. The van der Waals surface area contributed by atoms with Crippen molar-refractivity contribution in [1.82, 2.24) is 10.2 Å². The van der Waals surface area contributed by atoms with Crippen LogP contribution in [0.2, 0.25) is 5.02 Å². The number of rotatable bonds is 8. The lowest BCUT2D eigenvalue weighted by molar-refractivity contribution is -0.127. The van der Waals surface area contributed by atoms with Gasteiger partial charge in [-0.15, -0.1) is 0 Å². The molecular weight excluding hydrogens is 376 g/mol. The highest BCUT2D eigenvalue weighted by Gasteiger charge is 2.25. The van der Waals surface area contributed by atoms with Crippen LogP contribution in [0.5, 0.6) is 11.5 Å². The number of nitrogens with one attached hydrogen (secondary N) is 1. The minimum absolute atomic E-state index is 0.130. The molecule has 1 amide bonds. The first-order valence-electron chi connectivity index (χ1n) is 9.65. The highest BCUT2D eigenvalue weighted by molar-refractivity contribution is 6.32. The average Bonchev–Trinajstić information content (AvgIpc) is 3.24. The summed E-state index contributed by atoms with van der Waals surface area (Å²) >= 11 is 6.12. The number of nitrogens with zero attached hydrogens (tertiary/aromatic N) is 1. The average molecular weight is 403 g/mol. The zero-order valence-corrected chi connectivity index (χ0v) is 17.1. The normalized spacial score (nSPS) is 16.4. The van der Waals surface area contributed by atoms with Crippen molar-refractivity contribution in [3.05, 3.63) is 59.1 Å². The molecule has 28 heavy (non-hydrogen) atoms. The number of para-hydroxylation sites is 1. The molecule has 0 spiro atoms. The van der Waals surface area contributed by atoms with Crippen LogP contribution >= 0.6 is 11.6 Å². The Balaban J connectivity index is 1.63. The smallest absolute Gasteiger partial charge is 0.260 e. The maximum atomic E-state index is 12.6. The van der Waals surface area contributed by atoms with E-state index in [2.05, 4.69) is 22.3 Å². The second-order valence-corrected chi connectivity index (χ2v) is 7.37. The molecule has 2 atom stereocenters. The van der Waals surface area contributed by atoms with Crippen LogP contribution in [0.3, 0.4) is 0 Å². The molecule has 1 saturated heterocycles. The summed E-state index contributed by atoms with van der Waals surface area (Å²) < 4.78 is 11.0. The van der Waals surface area contributed by atoms with E-state index in [0.717, 1.165) is 18.8 Å². The molecule has 3 rings (SSSR count). The van der Waals surface area contributed by atoms with E-state index in [1.807, 2.05) is 24.3 Å². The van der Waals surface area contributed by atoms with E-state index in [4.69, 9.17) is 21.1 Å². The van der Waals surface area contributed by atoms with Crippen LogP contribution in [0.4, 0.5) is 0 Å². The number of hydrogen-bond donors (Lipinski definition) is 1. The molecule has 150 valence electrons. The molecule has 1 aliphatic heterocycles. The first kappa shape index (κ1) is 20.5. The third kappa shape index (κ3) is 5.18. The van der Waals surface area contributed by atoms with Crippen LogP contribution in [0.25, 0.3) is 0 Å². The van der Waals surface area contributed by atoms with E-state index in [9.17, 15) is 4.79 Å². The summed E-state index contributed by atoms with van der Waals surface area (Å²) in [5.41, 5.74) is 1.17. The minimum Gasteiger partial charge on any atom is -0.497 e. The summed E-state index contributed by atoms with van der Waals surface area (Å²) in [7, 11) is 1.66. The molecule has 1 N–H and O–H groups in total. The zero-order valence-electron chi connectivity index (χ0n) is 16.4. The molecule has 0 bridgehead atoms. The lowest BCUT2D eigenvalue weighted by Crippen LogP contribution is -2.42. The molecule has 6 heteroatoms. The maximum absolute atomic E-state index is 12.6. The summed E-state index contributed by atoms with van der Waals surface area (Å²) in [4.78, 5) is 15.0. The number of ether oxygens (including phenoxy) is 2. The number of carbonyl (C=O) groups excluding carboxylic acids is 1. The molecule has 5 nitrogen and oxygen atoms in total. The fraction of sp³-hybridized carbons (Fsp3) is 0.409. The highest BCUT2D eigenvalue weighted by atomic mass is 35.5. The van der Waals surface area contributed by atoms with Crippen LogP contribution in [0, 0.1) is 0 Å². The number of carbonyl (C=O) groups is 1. The van der Waals surface area contributed by atoms with E-state index >= 15 is 0 Å². The van der Waals surface area contributed by atoms with E-state index < -0.39 is 6.10 Å². The second kappa shape index (κ2) is 9.80. The van der Waals surface area contributed by atoms with Gasteiger partial charge in [-0.1, -0.05) is 35.9 Å². The Kier molecular flexibility index (Phi) is 7.18. The zero-order chi connectivity index (χ0) is 19.9. The molecule has 0 unspecified atom stereocenters. The summed E-state index contributed by atoms with van der Waals surface area (Å²) in [6.45, 7) is 4.34. The number of benzene rings is 2. The van der Waals surface area contributed by atoms with Crippen molar-refractivity contribution in [3.63, 3.8) is 0 Å². The third-order valence-electron chi connectivity index (χ3n) is 5.06. The highest BCUT2D eigenvalue weighted by Crippen LogP contribution is 2.27. The predicted octanol–water partition coefficient (Wildman–Crippen LogP) is 4.07. The largest absolute Gasteiger partial charge is 0.497 e. The van der Waals surface area contributed by atoms with E-state index in [1.165, 1.54) is 18.4 Å². The first-order valence-corrected chi connectivity index (χ1v) is 10.0. The topological polar surface area (TPSA) is 50.8 Å². The molecule has 1 heterocycles. The van der Waals surface area contributed by atoms with Gasteiger partial charge < -0.3 is 14.8 Å². The number of hydrogen-bond acceptors (Lipinski definition) is 4. The molecule has 1 fully saturated rings. The van der Waals surface area contributed by atoms with Crippen molar-refractivity contribution in [3.8, 4) is 11.5 Å². The van der Waals surface area contributed by atoms with Gasteiger partial charge in [0.05, 0.1) is 18.2 Å². The van der Waals surface area contributed by atoms with Crippen molar-refractivity contribution in [1.29, 1.82) is 0 Å². The van der Waals surface area contributed by atoms with Gasteiger partial charge in [-0.05, 0) is 62.7 Å². The Morgan fingerprint density at radius 3 is 2.46 bits per heavy atom.